The lowest BCUT2D eigenvalue weighted by Crippen LogP contribution is -2.15. The predicted molar refractivity (Wildman–Crippen MR) is 90.3 cm³/mol. The first-order valence-corrected chi connectivity index (χ1v) is 8.86. The molecule has 9 heteroatoms. The summed E-state index contributed by atoms with van der Waals surface area (Å²) in [6.45, 7) is 2.91. The van der Waals surface area contributed by atoms with E-state index in [1.54, 1.807) is 6.33 Å². The summed E-state index contributed by atoms with van der Waals surface area (Å²) < 4.78 is 39.4. The minimum absolute atomic E-state index is 0.105. The van der Waals surface area contributed by atoms with Gasteiger partial charge >= 0.3 is 6.18 Å². The molecule has 0 unspecified atom stereocenters. The van der Waals surface area contributed by atoms with Crippen molar-refractivity contribution in [3.05, 3.63) is 36.2 Å². The molecule has 0 saturated heterocycles. The summed E-state index contributed by atoms with van der Waals surface area (Å²) in [6, 6.07) is 4.34. The Labute approximate surface area is 148 Å². The number of aromatic nitrogens is 3. The fourth-order valence-electron chi connectivity index (χ4n) is 2.11. The van der Waals surface area contributed by atoms with Crippen molar-refractivity contribution >= 4 is 23.4 Å². The maximum absolute atomic E-state index is 12.5. The molecule has 0 aliphatic rings. The van der Waals surface area contributed by atoms with Gasteiger partial charge in [-0.1, -0.05) is 31.5 Å². The molecule has 0 atom stereocenters. The minimum atomic E-state index is -4.39. The van der Waals surface area contributed by atoms with Crippen LogP contribution in [0.3, 0.4) is 0 Å². The number of nitrogens with zero attached hydrogens (tertiary/aromatic N) is 3. The molecule has 0 aliphatic heterocycles. The van der Waals surface area contributed by atoms with Gasteiger partial charge in [0.1, 0.15) is 6.33 Å². The second-order valence-corrected chi connectivity index (χ2v) is 6.37. The average molecular weight is 372 g/mol. The summed E-state index contributed by atoms with van der Waals surface area (Å²) in [4.78, 5) is 11.9. The van der Waals surface area contributed by atoms with E-state index < -0.39 is 11.7 Å². The number of unbranched alkanes of at least 4 members (excludes halogenated alkanes) is 2. The predicted octanol–water partition coefficient (Wildman–Crippen LogP) is 4.22. The molecule has 1 N–H and O–H groups in total. The quantitative estimate of drug-likeness (QED) is 0.557. The van der Waals surface area contributed by atoms with Gasteiger partial charge in [0.25, 0.3) is 0 Å². The molecule has 2 rings (SSSR count). The molecule has 2 aromatic rings. The number of hydrogen-bond acceptors (Lipinski definition) is 4. The first kappa shape index (κ1) is 19.3. The molecule has 25 heavy (non-hydrogen) atoms. The number of rotatable bonds is 8. The highest BCUT2D eigenvalue weighted by molar-refractivity contribution is 7.99. The summed E-state index contributed by atoms with van der Waals surface area (Å²) in [5, 5.41) is 11.1. The molecule has 1 aromatic heterocycles. The number of anilines is 1. The van der Waals surface area contributed by atoms with Gasteiger partial charge in [-0.3, -0.25) is 4.79 Å². The highest BCUT2D eigenvalue weighted by Crippen LogP contribution is 2.29. The SMILES string of the molecule is CCCCCn1cnnc1SCC(=O)Nc1ccc(C(F)(F)F)cc1. The van der Waals surface area contributed by atoms with Crippen molar-refractivity contribution in [2.45, 2.75) is 44.1 Å². The molecular formula is C16H19F3N4OS. The Morgan fingerprint density at radius 1 is 1.24 bits per heavy atom. The Hall–Kier alpha value is -2.03. The van der Waals surface area contributed by atoms with Gasteiger partial charge < -0.3 is 9.88 Å². The van der Waals surface area contributed by atoms with Crippen LogP contribution < -0.4 is 5.32 Å². The highest BCUT2D eigenvalue weighted by atomic mass is 32.2. The van der Waals surface area contributed by atoms with Gasteiger partial charge in [0.05, 0.1) is 11.3 Å². The molecule has 136 valence electrons. The van der Waals surface area contributed by atoms with Gasteiger partial charge in [-0.15, -0.1) is 10.2 Å². The number of benzene rings is 1. The zero-order chi connectivity index (χ0) is 18.3. The van der Waals surface area contributed by atoms with E-state index in [0.717, 1.165) is 37.9 Å². The smallest absolute Gasteiger partial charge is 0.325 e. The van der Waals surface area contributed by atoms with Gasteiger partial charge in [-0.05, 0) is 30.7 Å². The van der Waals surface area contributed by atoms with Crippen molar-refractivity contribution in [3.63, 3.8) is 0 Å². The molecule has 0 bridgehead atoms. The lowest BCUT2D eigenvalue weighted by Gasteiger charge is -2.09. The monoisotopic (exact) mass is 372 g/mol. The topological polar surface area (TPSA) is 59.8 Å². The van der Waals surface area contributed by atoms with Crippen LogP contribution >= 0.6 is 11.8 Å². The number of thioether (sulfide) groups is 1. The second kappa shape index (κ2) is 8.89. The Morgan fingerprint density at radius 3 is 2.60 bits per heavy atom. The van der Waals surface area contributed by atoms with Crippen LogP contribution in [0.1, 0.15) is 31.7 Å². The molecule has 0 radical (unpaired) electrons. The van der Waals surface area contributed by atoms with Crippen LogP contribution in [0.4, 0.5) is 18.9 Å². The van der Waals surface area contributed by atoms with E-state index in [0.29, 0.717) is 10.8 Å². The molecule has 0 fully saturated rings. The van der Waals surface area contributed by atoms with Crippen molar-refractivity contribution in [2.75, 3.05) is 11.1 Å². The van der Waals surface area contributed by atoms with E-state index in [-0.39, 0.29) is 11.7 Å². The molecule has 0 spiro atoms. The Morgan fingerprint density at radius 2 is 1.96 bits per heavy atom. The highest BCUT2D eigenvalue weighted by Gasteiger charge is 2.29. The van der Waals surface area contributed by atoms with Crippen LogP contribution in [-0.4, -0.2) is 26.4 Å². The number of amides is 1. The van der Waals surface area contributed by atoms with Crippen molar-refractivity contribution in [1.29, 1.82) is 0 Å². The van der Waals surface area contributed by atoms with E-state index in [2.05, 4.69) is 22.4 Å². The molecule has 1 aromatic carbocycles. The lowest BCUT2D eigenvalue weighted by atomic mass is 10.2. The van der Waals surface area contributed by atoms with Crippen LogP contribution in [0.5, 0.6) is 0 Å². The van der Waals surface area contributed by atoms with Crippen LogP contribution in [0, 0.1) is 0 Å². The number of carbonyl (C=O) groups excluding carboxylic acids is 1. The van der Waals surface area contributed by atoms with Gasteiger partial charge in [-0.2, -0.15) is 13.2 Å². The second-order valence-electron chi connectivity index (χ2n) is 5.43. The molecule has 5 nitrogen and oxygen atoms in total. The Bertz CT molecular complexity index is 685. The van der Waals surface area contributed by atoms with Crippen molar-refractivity contribution < 1.29 is 18.0 Å². The largest absolute Gasteiger partial charge is 0.416 e. The maximum atomic E-state index is 12.5. The van der Waals surface area contributed by atoms with Crippen LogP contribution in [-0.2, 0) is 17.5 Å². The average Bonchev–Trinajstić information content (AvgIpc) is 3.00. The van der Waals surface area contributed by atoms with E-state index >= 15 is 0 Å². The zero-order valence-electron chi connectivity index (χ0n) is 13.7. The number of halogens is 3. The van der Waals surface area contributed by atoms with Gasteiger partial charge in [-0.25, -0.2) is 0 Å². The van der Waals surface area contributed by atoms with Crippen LogP contribution in [0.25, 0.3) is 0 Å². The molecular weight excluding hydrogens is 353 g/mol. The number of alkyl halides is 3. The third kappa shape index (κ3) is 6.08. The first-order valence-electron chi connectivity index (χ1n) is 7.88. The number of aryl methyl sites for hydroxylation is 1. The van der Waals surface area contributed by atoms with Crippen molar-refractivity contribution in [2.24, 2.45) is 0 Å². The van der Waals surface area contributed by atoms with Gasteiger partial charge in [0.15, 0.2) is 5.16 Å². The summed E-state index contributed by atoms with van der Waals surface area (Å²) in [7, 11) is 0. The van der Waals surface area contributed by atoms with Crippen LogP contribution in [0.15, 0.2) is 35.7 Å². The third-order valence-corrected chi connectivity index (χ3v) is 4.39. The van der Waals surface area contributed by atoms with Gasteiger partial charge in [0, 0.05) is 12.2 Å². The van der Waals surface area contributed by atoms with Crippen molar-refractivity contribution in [1.82, 2.24) is 14.8 Å². The lowest BCUT2D eigenvalue weighted by molar-refractivity contribution is -0.137. The molecule has 1 amide bonds. The fourth-order valence-corrected chi connectivity index (χ4v) is 2.85. The van der Waals surface area contributed by atoms with E-state index in [1.807, 2.05) is 4.57 Å². The zero-order valence-corrected chi connectivity index (χ0v) is 14.5. The Kier molecular flexibility index (Phi) is 6.86. The number of carbonyl (C=O) groups is 1. The standard InChI is InChI=1S/C16H19F3N4OS/c1-2-3-4-9-23-11-20-22-15(23)25-10-14(24)21-13-7-5-12(6-8-13)16(17,18)19/h5-8,11H,2-4,9-10H2,1H3,(H,21,24). The fraction of sp³-hybridized carbons (Fsp3) is 0.438. The van der Waals surface area contributed by atoms with Crippen molar-refractivity contribution in [3.8, 4) is 0 Å². The van der Waals surface area contributed by atoms with E-state index in [4.69, 9.17) is 0 Å². The summed E-state index contributed by atoms with van der Waals surface area (Å²) in [5.41, 5.74) is -0.428. The molecule has 1 heterocycles. The molecule has 0 saturated carbocycles. The summed E-state index contributed by atoms with van der Waals surface area (Å²) >= 11 is 1.24. The van der Waals surface area contributed by atoms with Crippen LogP contribution in [0.2, 0.25) is 0 Å². The Balaban J connectivity index is 1.84. The summed E-state index contributed by atoms with van der Waals surface area (Å²) in [6.07, 6.45) is 0.475. The summed E-state index contributed by atoms with van der Waals surface area (Å²) in [5.74, 6) is -0.208. The number of nitrogens with one attached hydrogen (secondary N) is 1. The minimum Gasteiger partial charge on any atom is -0.325 e. The normalized spacial score (nSPS) is 11.5. The van der Waals surface area contributed by atoms with E-state index in [9.17, 15) is 18.0 Å². The maximum Gasteiger partial charge on any atom is 0.416 e. The first-order chi connectivity index (χ1) is 11.9. The third-order valence-electron chi connectivity index (χ3n) is 3.41. The van der Waals surface area contributed by atoms with E-state index in [1.165, 1.54) is 23.9 Å². The molecule has 0 aliphatic carbocycles. The number of hydrogen-bond donors (Lipinski definition) is 1. The van der Waals surface area contributed by atoms with Gasteiger partial charge in [0.2, 0.25) is 5.91 Å².